The lowest BCUT2D eigenvalue weighted by molar-refractivity contribution is 0.0694. The molecule has 0 spiro atoms. The fourth-order valence-electron chi connectivity index (χ4n) is 2.40. The van der Waals surface area contributed by atoms with Crippen LogP contribution in [-0.4, -0.2) is 37.2 Å². The van der Waals surface area contributed by atoms with Gasteiger partial charge in [0.2, 0.25) is 0 Å². The number of nitrogens with zero attached hydrogens (tertiary/aromatic N) is 3. The maximum Gasteiger partial charge on any atom is 0.335 e. The Morgan fingerprint density at radius 2 is 2.20 bits per heavy atom. The van der Waals surface area contributed by atoms with Gasteiger partial charge in [0.15, 0.2) is 5.69 Å². The van der Waals surface area contributed by atoms with Crippen molar-refractivity contribution in [3.8, 4) is 0 Å². The quantitative estimate of drug-likeness (QED) is 0.904. The summed E-state index contributed by atoms with van der Waals surface area (Å²) in [5.74, 6) is -1.09. The Labute approximate surface area is 119 Å². The number of rotatable bonds is 2. The number of aromatic carboxylic acids is 1. The molecule has 102 valence electrons. The second-order valence-corrected chi connectivity index (χ2v) is 5.07. The largest absolute Gasteiger partial charge is 0.478 e. The van der Waals surface area contributed by atoms with Gasteiger partial charge in [-0.2, -0.15) is 8.75 Å². The molecule has 1 aliphatic rings. The van der Waals surface area contributed by atoms with Gasteiger partial charge >= 0.3 is 5.97 Å². The number of hydrogen-bond acceptors (Lipinski definition) is 5. The number of benzene rings is 1. The molecule has 0 saturated carbocycles. The van der Waals surface area contributed by atoms with Crippen LogP contribution in [0.1, 0.15) is 32.0 Å². The van der Waals surface area contributed by atoms with Crippen LogP contribution in [-0.2, 0) is 13.0 Å². The van der Waals surface area contributed by atoms with Crippen LogP contribution >= 0.6 is 11.7 Å². The highest BCUT2D eigenvalue weighted by atomic mass is 32.1. The average Bonchev–Trinajstić information content (AvgIpc) is 2.99. The van der Waals surface area contributed by atoms with E-state index in [0.717, 1.165) is 22.9 Å². The first-order valence-corrected chi connectivity index (χ1v) is 6.80. The van der Waals surface area contributed by atoms with Crippen LogP contribution in [0, 0.1) is 0 Å². The normalized spacial score (nSPS) is 13.9. The van der Waals surface area contributed by atoms with Crippen molar-refractivity contribution in [3.05, 3.63) is 46.8 Å². The van der Waals surface area contributed by atoms with Crippen LogP contribution in [0.4, 0.5) is 0 Å². The molecule has 1 amide bonds. The number of carboxylic acids is 1. The van der Waals surface area contributed by atoms with Gasteiger partial charge < -0.3 is 10.0 Å². The SMILES string of the molecule is O=C(O)c1cccc2c1CCN(C(=O)c1cnsn1)C2. The van der Waals surface area contributed by atoms with E-state index in [1.165, 1.54) is 6.20 Å². The van der Waals surface area contributed by atoms with Crippen LogP contribution < -0.4 is 0 Å². The topological polar surface area (TPSA) is 83.4 Å². The molecule has 20 heavy (non-hydrogen) atoms. The van der Waals surface area contributed by atoms with E-state index in [1.54, 1.807) is 17.0 Å². The summed E-state index contributed by atoms with van der Waals surface area (Å²) in [4.78, 5) is 25.1. The molecule has 1 aromatic heterocycles. The third-order valence-corrected chi connectivity index (χ3v) is 3.84. The first-order valence-electron chi connectivity index (χ1n) is 6.07. The van der Waals surface area contributed by atoms with Gasteiger partial charge in [-0.3, -0.25) is 4.79 Å². The predicted molar refractivity (Wildman–Crippen MR) is 71.8 cm³/mol. The molecule has 0 fully saturated rings. The van der Waals surface area contributed by atoms with E-state index >= 15 is 0 Å². The van der Waals surface area contributed by atoms with E-state index in [9.17, 15) is 9.59 Å². The fraction of sp³-hybridized carbons (Fsp3) is 0.231. The summed E-state index contributed by atoms with van der Waals surface area (Å²) < 4.78 is 7.76. The summed E-state index contributed by atoms with van der Waals surface area (Å²) in [6.45, 7) is 0.903. The molecule has 1 aliphatic heterocycles. The first-order chi connectivity index (χ1) is 9.66. The highest BCUT2D eigenvalue weighted by Gasteiger charge is 2.25. The Balaban J connectivity index is 1.88. The smallest absolute Gasteiger partial charge is 0.335 e. The van der Waals surface area contributed by atoms with Crippen molar-refractivity contribution in [2.75, 3.05) is 6.54 Å². The zero-order valence-electron chi connectivity index (χ0n) is 10.4. The number of carboxylic acid groups (broad SMARTS) is 1. The predicted octanol–water partition coefficient (Wildman–Crippen LogP) is 1.43. The second kappa shape index (κ2) is 5.01. The molecule has 1 aromatic carbocycles. The standard InChI is InChI=1S/C13H11N3O3S/c17-12(11-6-14-20-15-11)16-5-4-9-8(7-16)2-1-3-10(9)13(18)19/h1-3,6H,4-5,7H2,(H,18,19). The minimum atomic E-state index is -0.926. The second-order valence-electron chi connectivity index (χ2n) is 4.52. The van der Waals surface area contributed by atoms with E-state index < -0.39 is 5.97 Å². The molecular weight excluding hydrogens is 278 g/mol. The maximum atomic E-state index is 12.2. The maximum absolute atomic E-state index is 12.2. The monoisotopic (exact) mass is 289 g/mol. The lowest BCUT2D eigenvalue weighted by atomic mass is 9.94. The fourth-order valence-corrected chi connectivity index (χ4v) is 2.81. The molecule has 0 aliphatic carbocycles. The van der Waals surface area contributed by atoms with Gasteiger partial charge in [0.05, 0.1) is 23.5 Å². The number of amides is 1. The molecule has 2 aromatic rings. The molecular formula is C13H11N3O3S. The number of carbonyl (C=O) groups excluding carboxylic acids is 1. The van der Waals surface area contributed by atoms with Gasteiger partial charge in [-0.25, -0.2) is 4.79 Å². The van der Waals surface area contributed by atoms with Gasteiger partial charge in [0.1, 0.15) is 0 Å². The minimum Gasteiger partial charge on any atom is -0.478 e. The average molecular weight is 289 g/mol. The third-order valence-electron chi connectivity index (χ3n) is 3.36. The zero-order chi connectivity index (χ0) is 14.1. The lowest BCUT2D eigenvalue weighted by Crippen LogP contribution is -2.36. The van der Waals surface area contributed by atoms with Crippen LogP contribution in [0.25, 0.3) is 0 Å². The van der Waals surface area contributed by atoms with E-state index in [-0.39, 0.29) is 5.91 Å². The number of carbonyl (C=O) groups is 2. The molecule has 0 unspecified atom stereocenters. The number of hydrogen-bond donors (Lipinski definition) is 1. The molecule has 3 rings (SSSR count). The molecule has 7 heteroatoms. The van der Waals surface area contributed by atoms with Gasteiger partial charge in [0, 0.05) is 13.1 Å². The summed E-state index contributed by atoms with van der Waals surface area (Å²) in [5.41, 5.74) is 2.37. The van der Waals surface area contributed by atoms with Crippen molar-refractivity contribution >= 4 is 23.6 Å². The summed E-state index contributed by atoms with van der Waals surface area (Å²) in [6.07, 6.45) is 2.00. The molecule has 2 heterocycles. The van der Waals surface area contributed by atoms with E-state index in [1.807, 2.05) is 6.07 Å². The Hall–Kier alpha value is -2.28. The zero-order valence-corrected chi connectivity index (χ0v) is 11.3. The van der Waals surface area contributed by atoms with E-state index in [4.69, 9.17) is 5.11 Å². The summed E-state index contributed by atoms with van der Waals surface area (Å²) >= 11 is 0.999. The molecule has 0 atom stereocenters. The highest BCUT2D eigenvalue weighted by molar-refractivity contribution is 6.99. The van der Waals surface area contributed by atoms with Crippen molar-refractivity contribution in [3.63, 3.8) is 0 Å². The van der Waals surface area contributed by atoms with Crippen molar-refractivity contribution < 1.29 is 14.7 Å². The van der Waals surface area contributed by atoms with Crippen LogP contribution in [0.5, 0.6) is 0 Å². The molecule has 0 bridgehead atoms. The highest BCUT2D eigenvalue weighted by Crippen LogP contribution is 2.23. The van der Waals surface area contributed by atoms with Crippen molar-refractivity contribution in [1.82, 2.24) is 13.6 Å². The molecule has 6 nitrogen and oxygen atoms in total. The summed E-state index contributed by atoms with van der Waals surface area (Å²) in [5, 5.41) is 9.17. The Kier molecular flexibility index (Phi) is 3.19. The van der Waals surface area contributed by atoms with Crippen LogP contribution in [0.15, 0.2) is 24.4 Å². The van der Waals surface area contributed by atoms with Gasteiger partial charge in [-0.15, -0.1) is 0 Å². The van der Waals surface area contributed by atoms with Gasteiger partial charge in [-0.05, 0) is 23.6 Å². The van der Waals surface area contributed by atoms with Crippen molar-refractivity contribution in [2.24, 2.45) is 0 Å². The molecule has 0 saturated heterocycles. The van der Waals surface area contributed by atoms with Crippen molar-refractivity contribution in [1.29, 1.82) is 0 Å². The van der Waals surface area contributed by atoms with E-state index in [0.29, 0.717) is 30.8 Å². The third kappa shape index (κ3) is 2.16. The lowest BCUT2D eigenvalue weighted by Gasteiger charge is -2.29. The van der Waals surface area contributed by atoms with Gasteiger partial charge in [-0.1, -0.05) is 12.1 Å². The van der Waals surface area contributed by atoms with Gasteiger partial charge in [0.25, 0.3) is 5.91 Å². The summed E-state index contributed by atoms with van der Waals surface area (Å²) in [7, 11) is 0. The van der Waals surface area contributed by atoms with Crippen LogP contribution in [0.3, 0.4) is 0 Å². The Morgan fingerprint density at radius 3 is 2.90 bits per heavy atom. The number of fused-ring (bicyclic) bond motifs is 1. The van der Waals surface area contributed by atoms with Crippen LogP contribution in [0.2, 0.25) is 0 Å². The van der Waals surface area contributed by atoms with E-state index in [2.05, 4.69) is 8.75 Å². The first kappa shape index (κ1) is 12.7. The Bertz CT molecular complexity index is 670. The molecule has 0 radical (unpaired) electrons. The number of aromatic nitrogens is 2. The minimum absolute atomic E-state index is 0.162. The molecule has 1 N–H and O–H groups in total. The Morgan fingerprint density at radius 1 is 1.35 bits per heavy atom. The summed E-state index contributed by atoms with van der Waals surface area (Å²) in [6, 6.07) is 5.17. The van der Waals surface area contributed by atoms with Crippen molar-refractivity contribution in [2.45, 2.75) is 13.0 Å².